The Hall–Kier alpha value is -3.46. The van der Waals surface area contributed by atoms with Crippen molar-refractivity contribution in [3.05, 3.63) is 60.3 Å². The first-order valence-corrected chi connectivity index (χ1v) is 13.4. The van der Waals surface area contributed by atoms with Gasteiger partial charge >= 0.3 is 12.0 Å². The number of benzene rings is 2. The van der Waals surface area contributed by atoms with E-state index in [9.17, 15) is 14.4 Å². The van der Waals surface area contributed by atoms with Crippen LogP contribution in [0.15, 0.2) is 59.6 Å². The van der Waals surface area contributed by atoms with Crippen molar-refractivity contribution in [2.75, 3.05) is 31.3 Å². The average Bonchev–Trinajstić information content (AvgIpc) is 3.31. The molecule has 0 aliphatic carbocycles. The number of ether oxygens (including phenoxy) is 1. The summed E-state index contributed by atoms with van der Waals surface area (Å²) in [6.07, 6.45) is 5.59. The molecule has 1 saturated heterocycles. The third-order valence-electron chi connectivity index (χ3n) is 6.40. The van der Waals surface area contributed by atoms with Crippen molar-refractivity contribution in [2.24, 2.45) is 5.92 Å². The fourth-order valence-electron chi connectivity index (χ4n) is 4.57. The second-order valence-electron chi connectivity index (χ2n) is 8.82. The van der Waals surface area contributed by atoms with Crippen LogP contribution in [0.5, 0.6) is 0 Å². The highest BCUT2D eigenvalue weighted by molar-refractivity contribution is 7.98. The van der Waals surface area contributed by atoms with E-state index in [0.717, 1.165) is 21.4 Å². The highest BCUT2D eigenvalue weighted by Crippen LogP contribution is 2.23. The Kier molecular flexibility index (Phi) is 8.53. The molecule has 1 aromatic heterocycles. The molecule has 8 nitrogen and oxygen atoms in total. The van der Waals surface area contributed by atoms with Gasteiger partial charge in [-0.15, -0.1) is 11.8 Å². The minimum absolute atomic E-state index is 0.206. The van der Waals surface area contributed by atoms with Gasteiger partial charge in [0.05, 0.1) is 12.5 Å². The lowest BCUT2D eigenvalue weighted by atomic mass is 9.96. The van der Waals surface area contributed by atoms with Gasteiger partial charge in [-0.1, -0.05) is 18.2 Å². The van der Waals surface area contributed by atoms with Gasteiger partial charge in [-0.25, -0.2) is 4.79 Å². The number of hydrogen-bond acceptors (Lipinski definition) is 5. The lowest BCUT2D eigenvalue weighted by molar-refractivity contribution is -0.151. The molecule has 1 fully saturated rings. The molecule has 1 aliphatic heterocycles. The molecule has 0 spiro atoms. The molecule has 0 bridgehead atoms. The van der Waals surface area contributed by atoms with E-state index in [0.29, 0.717) is 44.6 Å². The third kappa shape index (κ3) is 6.20. The quantitative estimate of drug-likeness (QED) is 0.309. The van der Waals surface area contributed by atoms with E-state index in [2.05, 4.69) is 15.6 Å². The number of rotatable bonds is 8. The van der Waals surface area contributed by atoms with Crippen molar-refractivity contribution in [1.82, 2.24) is 15.2 Å². The van der Waals surface area contributed by atoms with Gasteiger partial charge < -0.3 is 25.3 Å². The molecule has 1 aliphatic rings. The van der Waals surface area contributed by atoms with E-state index in [-0.39, 0.29) is 17.8 Å². The fourth-order valence-corrected chi connectivity index (χ4v) is 4.98. The summed E-state index contributed by atoms with van der Waals surface area (Å²) in [7, 11) is 0. The number of aromatic nitrogens is 1. The van der Waals surface area contributed by atoms with Crippen LogP contribution in [-0.2, 0) is 20.7 Å². The number of piperidine rings is 1. The molecule has 0 saturated carbocycles. The summed E-state index contributed by atoms with van der Waals surface area (Å²) in [5.74, 6) is -0.829. The standard InChI is InChI=1S/C27H32N4O4S/c1-3-35-26(33)18-7-6-14-31(17-18)25(32)24(15-19-16-28-23-9-5-4-8-22(19)23)30-27(34)29-20-10-12-21(36-2)13-11-20/h4-5,8-13,16,18,24,28H,3,6-7,14-15,17H2,1-2H3,(H2,29,30,34)/t18-,24-/m1/s1. The SMILES string of the molecule is CCOC(=O)[C@@H]1CCCN(C(=O)[C@@H](Cc2c[nH]c3ccccc23)NC(=O)Nc2ccc(SC)cc2)C1. The molecule has 2 aromatic carbocycles. The van der Waals surface area contributed by atoms with Crippen LogP contribution in [0.3, 0.4) is 0 Å². The van der Waals surface area contributed by atoms with Gasteiger partial charge in [0.25, 0.3) is 0 Å². The summed E-state index contributed by atoms with van der Waals surface area (Å²) in [5, 5.41) is 6.72. The van der Waals surface area contributed by atoms with Gasteiger partial charge in [0.2, 0.25) is 5.91 Å². The van der Waals surface area contributed by atoms with E-state index in [1.54, 1.807) is 23.6 Å². The van der Waals surface area contributed by atoms with Crippen LogP contribution in [0.4, 0.5) is 10.5 Å². The number of likely N-dealkylation sites (tertiary alicyclic amines) is 1. The summed E-state index contributed by atoms with van der Waals surface area (Å²) in [5.41, 5.74) is 2.55. The van der Waals surface area contributed by atoms with Crippen molar-refractivity contribution in [1.29, 1.82) is 0 Å². The molecular weight excluding hydrogens is 476 g/mol. The summed E-state index contributed by atoms with van der Waals surface area (Å²) in [4.78, 5) is 44.9. The molecule has 9 heteroatoms. The molecule has 36 heavy (non-hydrogen) atoms. The summed E-state index contributed by atoms with van der Waals surface area (Å²) >= 11 is 1.62. The fraction of sp³-hybridized carbons (Fsp3) is 0.370. The van der Waals surface area contributed by atoms with Crippen molar-refractivity contribution in [2.45, 2.75) is 37.1 Å². The minimum atomic E-state index is -0.796. The number of carbonyl (C=O) groups is 3. The number of hydrogen-bond donors (Lipinski definition) is 3. The molecule has 0 radical (unpaired) electrons. The van der Waals surface area contributed by atoms with Crippen LogP contribution in [-0.4, -0.2) is 59.8 Å². The van der Waals surface area contributed by atoms with Gasteiger partial charge in [-0.05, 0) is 61.9 Å². The van der Waals surface area contributed by atoms with E-state index in [4.69, 9.17) is 4.74 Å². The minimum Gasteiger partial charge on any atom is -0.466 e. The summed E-state index contributed by atoms with van der Waals surface area (Å²) in [6, 6.07) is 14.1. The van der Waals surface area contributed by atoms with Gasteiger partial charge in [-0.2, -0.15) is 0 Å². The Bertz CT molecular complexity index is 1210. The molecule has 0 unspecified atom stereocenters. The van der Waals surface area contributed by atoms with Crippen LogP contribution in [0.25, 0.3) is 10.9 Å². The molecular formula is C27H32N4O4S. The van der Waals surface area contributed by atoms with Gasteiger partial charge in [0.15, 0.2) is 0 Å². The predicted octanol–water partition coefficient (Wildman–Crippen LogP) is 4.42. The zero-order valence-corrected chi connectivity index (χ0v) is 21.4. The second-order valence-corrected chi connectivity index (χ2v) is 9.70. The molecule has 2 heterocycles. The number of carbonyl (C=O) groups excluding carboxylic acids is 3. The maximum atomic E-state index is 13.7. The number of nitrogens with one attached hydrogen (secondary N) is 3. The second kappa shape index (κ2) is 12.0. The average molecular weight is 509 g/mol. The Balaban J connectivity index is 1.52. The number of urea groups is 1. The van der Waals surface area contributed by atoms with E-state index in [1.807, 2.05) is 61.0 Å². The summed E-state index contributed by atoms with van der Waals surface area (Å²) < 4.78 is 5.19. The largest absolute Gasteiger partial charge is 0.466 e. The van der Waals surface area contributed by atoms with Gasteiger partial charge in [0, 0.05) is 47.2 Å². The Morgan fingerprint density at radius 3 is 2.69 bits per heavy atom. The molecule has 3 aromatic rings. The number of fused-ring (bicyclic) bond motifs is 1. The highest BCUT2D eigenvalue weighted by Gasteiger charge is 2.33. The molecule has 190 valence electrons. The lowest BCUT2D eigenvalue weighted by Gasteiger charge is -2.34. The highest BCUT2D eigenvalue weighted by atomic mass is 32.2. The first-order chi connectivity index (χ1) is 17.5. The third-order valence-corrected chi connectivity index (χ3v) is 7.15. The van der Waals surface area contributed by atoms with Gasteiger partial charge in [0.1, 0.15) is 6.04 Å². The number of anilines is 1. The normalized spacial score (nSPS) is 16.4. The zero-order valence-electron chi connectivity index (χ0n) is 20.6. The van der Waals surface area contributed by atoms with E-state index >= 15 is 0 Å². The Morgan fingerprint density at radius 2 is 1.94 bits per heavy atom. The first-order valence-electron chi connectivity index (χ1n) is 12.2. The zero-order chi connectivity index (χ0) is 25.5. The number of H-pyrrole nitrogens is 1. The number of amides is 3. The van der Waals surface area contributed by atoms with E-state index < -0.39 is 12.1 Å². The smallest absolute Gasteiger partial charge is 0.319 e. The van der Waals surface area contributed by atoms with E-state index in [1.165, 1.54) is 0 Å². The Morgan fingerprint density at radius 1 is 1.17 bits per heavy atom. The van der Waals surface area contributed by atoms with Crippen LogP contribution >= 0.6 is 11.8 Å². The van der Waals surface area contributed by atoms with Gasteiger partial charge in [-0.3, -0.25) is 9.59 Å². The Labute approximate surface area is 215 Å². The molecule has 3 N–H and O–H groups in total. The van der Waals surface area contributed by atoms with Crippen LogP contribution in [0.2, 0.25) is 0 Å². The van der Waals surface area contributed by atoms with Crippen molar-refractivity contribution in [3.8, 4) is 0 Å². The molecule has 3 amide bonds. The predicted molar refractivity (Wildman–Crippen MR) is 142 cm³/mol. The molecule has 4 rings (SSSR count). The number of esters is 1. The first kappa shape index (κ1) is 25.6. The van der Waals surface area contributed by atoms with Crippen molar-refractivity contribution in [3.63, 3.8) is 0 Å². The van der Waals surface area contributed by atoms with Crippen LogP contribution in [0.1, 0.15) is 25.3 Å². The molecule has 2 atom stereocenters. The number of aromatic amines is 1. The monoisotopic (exact) mass is 508 g/mol. The maximum absolute atomic E-state index is 13.7. The van der Waals surface area contributed by atoms with Crippen molar-refractivity contribution < 1.29 is 19.1 Å². The van der Waals surface area contributed by atoms with Crippen LogP contribution < -0.4 is 10.6 Å². The van der Waals surface area contributed by atoms with Crippen molar-refractivity contribution >= 4 is 46.3 Å². The maximum Gasteiger partial charge on any atom is 0.319 e. The number of para-hydroxylation sites is 1. The summed E-state index contributed by atoms with van der Waals surface area (Å²) in [6.45, 7) is 2.92. The lowest BCUT2D eigenvalue weighted by Crippen LogP contribution is -2.53. The number of thioether (sulfide) groups is 1. The van der Waals surface area contributed by atoms with Crippen LogP contribution in [0, 0.1) is 5.92 Å². The topological polar surface area (TPSA) is 104 Å². The number of nitrogens with zero attached hydrogens (tertiary/aromatic N) is 1.